The van der Waals surface area contributed by atoms with Crippen molar-refractivity contribution in [1.82, 2.24) is 10.2 Å². The van der Waals surface area contributed by atoms with E-state index in [2.05, 4.69) is 10.2 Å². The fourth-order valence-corrected chi connectivity index (χ4v) is 2.62. The van der Waals surface area contributed by atoms with Crippen LogP contribution in [-0.2, 0) is 0 Å². The summed E-state index contributed by atoms with van der Waals surface area (Å²) in [4.78, 5) is 2.29. The smallest absolute Gasteiger partial charge is 0.231 e. The van der Waals surface area contributed by atoms with E-state index in [0.29, 0.717) is 0 Å². The van der Waals surface area contributed by atoms with E-state index in [9.17, 15) is 5.11 Å². The third-order valence-corrected chi connectivity index (χ3v) is 3.55. The second-order valence-corrected chi connectivity index (χ2v) is 4.57. The van der Waals surface area contributed by atoms with Crippen LogP contribution in [0.15, 0.2) is 18.2 Å². The van der Waals surface area contributed by atoms with Gasteiger partial charge in [0.2, 0.25) is 6.79 Å². The minimum atomic E-state index is -0.0104. The Morgan fingerprint density at radius 3 is 2.89 bits per heavy atom. The molecule has 0 unspecified atom stereocenters. The first-order valence-electron chi connectivity index (χ1n) is 6.34. The first-order valence-corrected chi connectivity index (χ1v) is 6.34. The van der Waals surface area contributed by atoms with Crippen LogP contribution < -0.4 is 14.8 Å². The van der Waals surface area contributed by atoms with Gasteiger partial charge in [0.05, 0.1) is 12.6 Å². The van der Waals surface area contributed by atoms with E-state index in [1.807, 2.05) is 18.2 Å². The summed E-state index contributed by atoms with van der Waals surface area (Å²) in [5.74, 6) is 1.57. The second kappa shape index (κ2) is 5.14. The van der Waals surface area contributed by atoms with Crippen LogP contribution in [0.1, 0.15) is 11.6 Å². The van der Waals surface area contributed by atoms with Crippen LogP contribution in [0.2, 0.25) is 0 Å². The van der Waals surface area contributed by atoms with Gasteiger partial charge in [-0.05, 0) is 6.07 Å². The monoisotopic (exact) mass is 250 g/mol. The number of piperazine rings is 1. The normalized spacial score (nSPS) is 20.9. The standard InChI is InChI=1S/C13H18N2O3/c16-8-11(15-6-4-14-5-7-15)10-2-1-3-12-13(10)18-9-17-12/h1-3,11,14,16H,4-9H2/t11-/m0/s1. The maximum absolute atomic E-state index is 9.70. The first kappa shape index (κ1) is 11.8. The van der Waals surface area contributed by atoms with E-state index in [1.165, 1.54) is 0 Å². The molecule has 2 heterocycles. The topological polar surface area (TPSA) is 54.0 Å². The van der Waals surface area contributed by atoms with Gasteiger partial charge in [-0.1, -0.05) is 12.1 Å². The highest BCUT2D eigenvalue weighted by molar-refractivity contribution is 5.49. The lowest BCUT2D eigenvalue weighted by atomic mass is 10.0. The number of aliphatic hydroxyl groups excluding tert-OH is 1. The van der Waals surface area contributed by atoms with E-state index in [4.69, 9.17) is 9.47 Å². The van der Waals surface area contributed by atoms with E-state index in [1.54, 1.807) is 0 Å². The molecule has 5 nitrogen and oxygen atoms in total. The fourth-order valence-electron chi connectivity index (χ4n) is 2.62. The molecule has 0 bridgehead atoms. The maximum atomic E-state index is 9.70. The molecule has 1 saturated heterocycles. The van der Waals surface area contributed by atoms with E-state index in [-0.39, 0.29) is 19.4 Å². The van der Waals surface area contributed by atoms with Crippen molar-refractivity contribution in [2.45, 2.75) is 6.04 Å². The Hall–Kier alpha value is -1.30. The molecule has 1 atom stereocenters. The van der Waals surface area contributed by atoms with Gasteiger partial charge < -0.3 is 19.9 Å². The van der Waals surface area contributed by atoms with Crippen LogP contribution in [0.4, 0.5) is 0 Å². The summed E-state index contributed by atoms with van der Waals surface area (Å²) in [5, 5.41) is 13.0. The summed E-state index contributed by atoms with van der Waals surface area (Å²) in [6.45, 7) is 4.17. The van der Waals surface area contributed by atoms with Gasteiger partial charge in [-0.15, -0.1) is 0 Å². The highest BCUT2D eigenvalue weighted by Crippen LogP contribution is 2.39. The number of para-hydroxylation sites is 1. The molecule has 2 N–H and O–H groups in total. The third-order valence-electron chi connectivity index (χ3n) is 3.55. The van der Waals surface area contributed by atoms with Gasteiger partial charge in [-0.3, -0.25) is 4.90 Å². The van der Waals surface area contributed by atoms with Crippen molar-refractivity contribution < 1.29 is 14.6 Å². The summed E-state index contributed by atoms with van der Waals surface area (Å²) in [6.07, 6.45) is 0. The molecule has 0 radical (unpaired) electrons. The number of hydrogen-bond acceptors (Lipinski definition) is 5. The van der Waals surface area contributed by atoms with Crippen molar-refractivity contribution in [3.05, 3.63) is 23.8 Å². The summed E-state index contributed by atoms with van der Waals surface area (Å²) >= 11 is 0. The number of benzene rings is 1. The zero-order valence-electron chi connectivity index (χ0n) is 10.3. The van der Waals surface area contributed by atoms with Crippen molar-refractivity contribution in [2.24, 2.45) is 0 Å². The molecule has 2 aliphatic rings. The predicted octanol–water partition coefficient (Wildman–Crippen LogP) is 0.354. The minimum Gasteiger partial charge on any atom is -0.454 e. The lowest BCUT2D eigenvalue weighted by molar-refractivity contribution is 0.107. The van der Waals surface area contributed by atoms with Crippen LogP contribution in [0.25, 0.3) is 0 Å². The molecular weight excluding hydrogens is 232 g/mol. The van der Waals surface area contributed by atoms with Crippen molar-refractivity contribution in [1.29, 1.82) is 0 Å². The zero-order chi connectivity index (χ0) is 12.4. The Labute approximate surface area is 106 Å². The first-order chi connectivity index (χ1) is 8.90. The van der Waals surface area contributed by atoms with Crippen molar-refractivity contribution in [3.8, 4) is 11.5 Å². The Kier molecular flexibility index (Phi) is 3.36. The lowest BCUT2D eigenvalue weighted by Crippen LogP contribution is -2.46. The molecule has 1 fully saturated rings. The van der Waals surface area contributed by atoms with Gasteiger partial charge in [0, 0.05) is 31.7 Å². The molecule has 5 heteroatoms. The van der Waals surface area contributed by atoms with Crippen LogP contribution in [0.5, 0.6) is 11.5 Å². The molecular formula is C13H18N2O3. The number of ether oxygens (including phenoxy) is 2. The quantitative estimate of drug-likeness (QED) is 0.811. The second-order valence-electron chi connectivity index (χ2n) is 4.57. The molecule has 0 saturated carbocycles. The molecule has 1 aromatic rings. The number of nitrogens with one attached hydrogen (secondary N) is 1. The summed E-state index contributed by atoms with van der Waals surface area (Å²) < 4.78 is 10.9. The minimum absolute atomic E-state index is 0.0104. The average Bonchev–Trinajstić information content (AvgIpc) is 2.90. The Morgan fingerprint density at radius 1 is 1.28 bits per heavy atom. The zero-order valence-corrected chi connectivity index (χ0v) is 10.3. The molecule has 0 spiro atoms. The highest BCUT2D eigenvalue weighted by Gasteiger charge is 2.27. The van der Waals surface area contributed by atoms with Crippen LogP contribution in [-0.4, -0.2) is 49.6 Å². The highest BCUT2D eigenvalue weighted by atomic mass is 16.7. The summed E-state index contributed by atoms with van der Waals surface area (Å²) in [5.41, 5.74) is 1.02. The number of aliphatic hydroxyl groups is 1. The number of fused-ring (bicyclic) bond motifs is 1. The molecule has 3 rings (SSSR count). The fraction of sp³-hybridized carbons (Fsp3) is 0.538. The number of hydrogen-bond donors (Lipinski definition) is 2. The number of rotatable bonds is 3. The van der Waals surface area contributed by atoms with Crippen LogP contribution in [0, 0.1) is 0 Å². The Bertz CT molecular complexity index is 419. The van der Waals surface area contributed by atoms with Crippen LogP contribution in [0.3, 0.4) is 0 Å². The van der Waals surface area contributed by atoms with Gasteiger partial charge in [0.15, 0.2) is 11.5 Å². The summed E-state index contributed by atoms with van der Waals surface area (Å²) in [7, 11) is 0. The summed E-state index contributed by atoms with van der Waals surface area (Å²) in [6, 6.07) is 5.85. The Morgan fingerprint density at radius 2 is 2.11 bits per heavy atom. The van der Waals surface area contributed by atoms with Gasteiger partial charge in [-0.25, -0.2) is 0 Å². The molecule has 1 aromatic carbocycles. The van der Waals surface area contributed by atoms with Crippen molar-refractivity contribution in [3.63, 3.8) is 0 Å². The van der Waals surface area contributed by atoms with Crippen molar-refractivity contribution >= 4 is 0 Å². The maximum Gasteiger partial charge on any atom is 0.231 e. The third kappa shape index (κ3) is 2.05. The molecule has 0 amide bonds. The lowest BCUT2D eigenvalue weighted by Gasteiger charge is -2.34. The van der Waals surface area contributed by atoms with Gasteiger partial charge in [-0.2, -0.15) is 0 Å². The SMILES string of the molecule is OC[C@@H](c1cccc2c1OCO2)N1CCNCC1. The van der Waals surface area contributed by atoms with Crippen LogP contribution >= 0.6 is 0 Å². The van der Waals surface area contributed by atoms with Gasteiger partial charge in [0.1, 0.15) is 0 Å². The Balaban J connectivity index is 1.89. The van der Waals surface area contributed by atoms with E-state index < -0.39 is 0 Å². The largest absolute Gasteiger partial charge is 0.454 e. The van der Waals surface area contributed by atoms with Crippen molar-refractivity contribution in [2.75, 3.05) is 39.6 Å². The van der Waals surface area contributed by atoms with Gasteiger partial charge in [0.25, 0.3) is 0 Å². The molecule has 0 aromatic heterocycles. The average molecular weight is 250 g/mol. The van der Waals surface area contributed by atoms with E-state index in [0.717, 1.165) is 43.2 Å². The molecule has 98 valence electrons. The number of nitrogens with zero attached hydrogens (tertiary/aromatic N) is 1. The van der Waals surface area contributed by atoms with Gasteiger partial charge >= 0.3 is 0 Å². The predicted molar refractivity (Wildman–Crippen MR) is 66.8 cm³/mol. The molecule has 18 heavy (non-hydrogen) atoms. The molecule has 0 aliphatic carbocycles. The van der Waals surface area contributed by atoms with E-state index >= 15 is 0 Å². The molecule has 2 aliphatic heterocycles.